The zero-order valence-corrected chi connectivity index (χ0v) is 11.9. The van der Waals surface area contributed by atoms with Gasteiger partial charge in [0, 0.05) is 11.5 Å². The molecule has 0 unspecified atom stereocenters. The van der Waals surface area contributed by atoms with E-state index in [4.69, 9.17) is 9.25 Å². The first-order chi connectivity index (χ1) is 10.6. The van der Waals surface area contributed by atoms with Gasteiger partial charge >= 0.3 is 11.9 Å². The lowest BCUT2D eigenvalue weighted by molar-refractivity contribution is -0.142. The molecule has 2 aromatic rings. The average Bonchev–Trinajstić information content (AvgIpc) is 2.57. The molecule has 0 aliphatic heterocycles. The van der Waals surface area contributed by atoms with Crippen LogP contribution in [-0.2, 0) is 23.9 Å². The highest BCUT2D eigenvalue weighted by molar-refractivity contribution is 5.94. The van der Waals surface area contributed by atoms with Crippen LogP contribution in [0.4, 0.5) is 0 Å². The van der Waals surface area contributed by atoms with Crippen LogP contribution in [-0.4, -0.2) is 26.2 Å². The Morgan fingerprint density at radius 1 is 1.09 bits per heavy atom. The summed E-state index contributed by atoms with van der Waals surface area (Å²) in [6.07, 6.45) is 0.830. The van der Waals surface area contributed by atoms with Gasteiger partial charge in [0.15, 0.2) is 0 Å². The smallest absolute Gasteiger partial charge is 0.377 e. The molecular weight excluding hydrogens is 290 g/mol. The second kappa shape index (κ2) is 7.07. The van der Waals surface area contributed by atoms with Gasteiger partial charge in [-0.05, 0) is 17.3 Å². The molecule has 114 valence electrons. The van der Waals surface area contributed by atoms with Gasteiger partial charge in [-0.25, -0.2) is 9.59 Å². The van der Waals surface area contributed by atoms with Crippen LogP contribution < -0.4 is 5.55 Å². The van der Waals surface area contributed by atoms with Crippen molar-refractivity contribution in [3.63, 3.8) is 0 Å². The van der Waals surface area contributed by atoms with E-state index in [-0.39, 0.29) is 5.55 Å². The van der Waals surface area contributed by atoms with E-state index < -0.39 is 17.7 Å². The molecule has 7 heteroatoms. The highest BCUT2D eigenvalue weighted by Gasteiger charge is 2.14. The van der Waals surface area contributed by atoms with Crippen molar-refractivity contribution in [1.82, 2.24) is 0 Å². The Balaban J connectivity index is 2.31. The Hall–Kier alpha value is -3.09. The van der Waals surface area contributed by atoms with Gasteiger partial charge in [-0.15, -0.1) is 0 Å². The molecule has 0 N–H and O–H groups in total. The monoisotopic (exact) mass is 303 g/mol. The van der Waals surface area contributed by atoms with E-state index in [0.29, 0.717) is 5.58 Å². The maximum absolute atomic E-state index is 11.5. The van der Waals surface area contributed by atoms with Gasteiger partial charge in [0.2, 0.25) is 5.76 Å². The van der Waals surface area contributed by atoms with Crippen molar-refractivity contribution >= 4 is 22.9 Å². The molecule has 7 nitrogen and oxygen atoms in total. The third-order valence-corrected chi connectivity index (χ3v) is 2.61. The van der Waals surface area contributed by atoms with Crippen LogP contribution in [0.2, 0.25) is 0 Å². The van der Waals surface area contributed by atoms with Crippen molar-refractivity contribution in [2.75, 3.05) is 14.2 Å². The number of hydrogen-bond acceptors (Lipinski definition) is 7. The molecule has 0 bridgehead atoms. The van der Waals surface area contributed by atoms with E-state index >= 15 is 0 Å². The van der Waals surface area contributed by atoms with Crippen molar-refractivity contribution in [2.45, 2.75) is 0 Å². The summed E-state index contributed by atoms with van der Waals surface area (Å²) in [5.74, 6) is -2.06. The van der Waals surface area contributed by atoms with E-state index in [0.717, 1.165) is 18.6 Å². The molecule has 0 amide bonds. The first kappa shape index (κ1) is 15.3. The number of benzene rings is 1. The fourth-order valence-corrected chi connectivity index (χ4v) is 1.55. The van der Waals surface area contributed by atoms with Crippen LogP contribution in [0.15, 0.2) is 57.8 Å². The summed E-state index contributed by atoms with van der Waals surface area (Å²) < 4.78 is 14.4. The van der Waals surface area contributed by atoms with Crippen molar-refractivity contribution < 1.29 is 28.3 Å². The second-order valence-electron chi connectivity index (χ2n) is 4.02. The van der Waals surface area contributed by atoms with E-state index in [1.54, 1.807) is 18.2 Å². The Morgan fingerprint density at radius 2 is 1.86 bits per heavy atom. The molecule has 0 radical (unpaired) electrons. The van der Waals surface area contributed by atoms with E-state index in [9.17, 15) is 9.59 Å². The lowest BCUT2D eigenvalue weighted by atomic mass is 10.2. The fraction of sp³-hybridized carbons (Fsp3) is 0.133. The number of esters is 2. The maximum Gasteiger partial charge on any atom is 0.377 e. The highest BCUT2D eigenvalue weighted by atomic mass is 16.7. The number of nitrogens with zero attached hydrogens (tertiary/aromatic N) is 1. The van der Waals surface area contributed by atoms with Gasteiger partial charge < -0.3 is 18.7 Å². The maximum atomic E-state index is 11.5. The van der Waals surface area contributed by atoms with Gasteiger partial charge in [0.25, 0.3) is 5.55 Å². The lowest BCUT2D eigenvalue weighted by Crippen LogP contribution is -2.11. The first-order valence-corrected chi connectivity index (χ1v) is 6.22. The molecule has 0 aliphatic carbocycles. The predicted molar refractivity (Wildman–Crippen MR) is 75.0 cm³/mol. The zero-order valence-electron chi connectivity index (χ0n) is 11.9. The summed E-state index contributed by atoms with van der Waals surface area (Å²) in [6, 6.07) is 10.7. The van der Waals surface area contributed by atoms with E-state index in [2.05, 4.69) is 14.6 Å². The number of methoxy groups -OCH3 is 2. The number of rotatable bonds is 4. The lowest BCUT2D eigenvalue weighted by Gasteiger charge is -2.01. The van der Waals surface area contributed by atoms with Crippen LogP contribution >= 0.6 is 0 Å². The number of para-hydroxylation sites is 1. The molecule has 22 heavy (non-hydrogen) atoms. The number of carbonyl (C=O) groups excluding carboxylic acids is 2. The van der Waals surface area contributed by atoms with Crippen LogP contribution in [0, 0.1) is 0 Å². The minimum absolute atomic E-state index is 0.123. The number of hydrogen-bond donors (Lipinski definition) is 0. The molecule has 1 heterocycles. The van der Waals surface area contributed by atoms with Gasteiger partial charge in [-0.3, -0.25) is 0 Å². The van der Waals surface area contributed by atoms with Gasteiger partial charge in [-0.1, -0.05) is 18.2 Å². The molecule has 1 aromatic heterocycles. The van der Waals surface area contributed by atoms with Crippen molar-refractivity contribution in [1.29, 1.82) is 0 Å². The molecular formula is C15H13NO6. The summed E-state index contributed by atoms with van der Waals surface area (Å²) in [5.41, 5.74) is 0.724. The summed E-state index contributed by atoms with van der Waals surface area (Å²) in [6.45, 7) is 0. The molecule has 0 atom stereocenters. The third kappa shape index (κ3) is 3.72. The normalized spacial score (nSPS) is 12.1. The fourth-order valence-electron chi connectivity index (χ4n) is 1.55. The van der Waals surface area contributed by atoms with Crippen LogP contribution in [0.5, 0.6) is 0 Å². The van der Waals surface area contributed by atoms with Crippen LogP contribution in [0.25, 0.3) is 11.0 Å². The van der Waals surface area contributed by atoms with E-state index in [1.807, 2.05) is 18.2 Å². The number of carbonyl (C=O) groups is 2. The molecule has 1 aromatic carbocycles. The Labute approximate surface area is 125 Å². The summed E-state index contributed by atoms with van der Waals surface area (Å²) >= 11 is 0. The molecule has 0 aliphatic rings. The largest absolute Gasteiger partial charge is 0.466 e. The quantitative estimate of drug-likeness (QED) is 0.368. The van der Waals surface area contributed by atoms with Crippen molar-refractivity contribution in [2.24, 2.45) is 5.16 Å². The van der Waals surface area contributed by atoms with Crippen LogP contribution in [0.3, 0.4) is 0 Å². The highest BCUT2D eigenvalue weighted by Crippen LogP contribution is 2.09. The van der Waals surface area contributed by atoms with Gasteiger partial charge in [0.05, 0.1) is 20.3 Å². The number of ether oxygens (including phenoxy) is 2. The van der Waals surface area contributed by atoms with Crippen LogP contribution in [0.1, 0.15) is 0 Å². The minimum Gasteiger partial charge on any atom is -0.466 e. The topological polar surface area (TPSA) is 87.3 Å². The first-order valence-electron chi connectivity index (χ1n) is 6.22. The molecule has 0 spiro atoms. The Bertz CT molecular complexity index is 790. The Kier molecular flexibility index (Phi) is 4.92. The minimum atomic E-state index is -0.866. The van der Waals surface area contributed by atoms with Gasteiger partial charge in [0.1, 0.15) is 5.58 Å². The average molecular weight is 303 g/mol. The zero-order chi connectivity index (χ0) is 15.9. The molecule has 0 saturated heterocycles. The second-order valence-corrected chi connectivity index (χ2v) is 4.02. The molecule has 2 rings (SSSR count). The number of fused-ring (bicyclic) bond motifs is 1. The third-order valence-electron chi connectivity index (χ3n) is 2.61. The Morgan fingerprint density at radius 3 is 2.59 bits per heavy atom. The van der Waals surface area contributed by atoms with Gasteiger partial charge in [-0.2, -0.15) is 0 Å². The van der Waals surface area contributed by atoms with Crippen molar-refractivity contribution in [3.05, 3.63) is 53.8 Å². The van der Waals surface area contributed by atoms with E-state index in [1.165, 1.54) is 7.11 Å². The van der Waals surface area contributed by atoms with Crippen molar-refractivity contribution in [3.8, 4) is 0 Å². The SMILES string of the molecule is COC(=O)/C=C(\O/N=c1\ccc2ccccc2o1)C(=O)OC. The molecule has 0 saturated carbocycles. The predicted octanol–water partition coefficient (Wildman–Crippen LogP) is 1.49. The summed E-state index contributed by atoms with van der Waals surface area (Å²) in [5, 5.41) is 4.56. The summed E-state index contributed by atoms with van der Waals surface area (Å²) in [4.78, 5) is 27.6. The standard InChI is InChI=1S/C15H13NO6/c1-19-14(17)9-12(15(18)20-2)22-16-13-8-7-10-5-3-4-6-11(10)21-13/h3-9H,1-2H3/b12-9-,16-13+. The summed E-state index contributed by atoms with van der Waals surface area (Å²) in [7, 11) is 2.32. The molecule has 0 fully saturated rings.